The second-order valence-corrected chi connectivity index (χ2v) is 6.94. The molecule has 1 amide bonds. The maximum atomic E-state index is 13.1. The molecule has 5 heteroatoms. The normalized spacial score (nSPS) is 18.1. The first-order valence-electron chi connectivity index (χ1n) is 9.42. The summed E-state index contributed by atoms with van der Waals surface area (Å²) >= 11 is 0. The summed E-state index contributed by atoms with van der Waals surface area (Å²) in [4.78, 5) is 15.3. The number of carbonyl (C=O) groups excluding carboxylic acids is 1. The Kier molecular flexibility index (Phi) is 7.88. The molecule has 0 aliphatic carbocycles. The molecule has 2 rings (SSSR count). The first-order chi connectivity index (χ1) is 12.2. The molecule has 1 unspecified atom stereocenters. The van der Waals surface area contributed by atoms with Gasteiger partial charge in [0, 0.05) is 19.1 Å². The zero-order valence-electron chi connectivity index (χ0n) is 15.9. The van der Waals surface area contributed by atoms with Crippen molar-refractivity contribution in [3.05, 3.63) is 35.9 Å². The Hall–Kier alpha value is -1.43. The third-order valence-electron chi connectivity index (χ3n) is 5.29. The molecule has 2 N–H and O–H groups in total. The molecule has 5 nitrogen and oxygen atoms in total. The number of nitrogens with zero attached hydrogens (tertiary/aromatic N) is 1. The Morgan fingerprint density at radius 3 is 2.44 bits per heavy atom. The van der Waals surface area contributed by atoms with Gasteiger partial charge in [0.2, 0.25) is 5.91 Å². The van der Waals surface area contributed by atoms with Crippen molar-refractivity contribution >= 4 is 5.91 Å². The topological polar surface area (TPSA) is 53.6 Å². The van der Waals surface area contributed by atoms with Crippen LogP contribution < -0.4 is 10.6 Å². The molecule has 1 aliphatic rings. The highest BCUT2D eigenvalue weighted by atomic mass is 16.5. The van der Waals surface area contributed by atoms with E-state index < -0.39 is 0 Å². The van der Waals surface area contributed by atoms with Gasteiger partial charge in [-0.1, -0.05) is 44.2 Å². The molecule has 0 bridgehead atoms. The number of ether oxygens (including phenoxy) is 1. The molecule has 1 aromatic rings. The molecule has 1 aliphatic heterocycles. The van der Waals surface area contributed by atoms with Gasteiger partial charge in [-0.25, -0.2) is 0 Å². The van der Waals surface area contributed by atoms with Crippen molar-refractivity contribution in [1.82, 2.24) is 15.5 Å². The zero-order chi connectivity index (χ0) is 18.1. The number of methoxy groups -OCH3 is 1. The number of carbonyl (C=O) groups is 1. The van der Waals surface area contributed by atoms with E-state index in [1.165, 1.54) is 0 Å². The lowest BCUT2D eigenvalue weighted by Gasteiger charge is -2.38. The number of rotatable bonds is 9. The lowest BCUT2D eigenvalue weighted by atomic mass is 9.79. The SMILES string of the molecule is CCN(CC)C(C(=O)NCC1(COC)CCNCC1)c1ccccc1. The van der Waals surface area contributed by atoms with Crippen LogP contribution in [0.4, 0.5) is 0 Å². The van der Waals surface area contributed by atoms with Crippen LogP contribution >= 0.6 is 0 Å². The minimum absolute atomic E-state index is 0.0418. The number of nitrogens with one attached hydrogen (secondary N) is 2. The minimum Gasteiger partial charge on any atom is -0.384 e. The maximum absolute atomic E-state index is 13.1. The van der Waals surface area contributed by atoms with Gasteiger partial charge in [0.05, 0.1) is 6.61 Å². The summed E-state index contributed by atoms with van der Waals surface area (Å²) in [5.74, 6) is 0.0870. The highest BCUT2D eigenvalue weighted by Gasteiger charge is 2.34. The predicted octanol–water partition coefficient (Wildman–Crippen LogP) is 2.20. The molecule has 1 heterocycles. The van der Waals surface area contributed by atoms with Crippen LogP contribution in [-0.2, 0) is 9.53 Å². The van der Waals surface area contributed by atoms with E-state index >= 15 is 0 Å². The van der Waals surface area contributed by atoms with Crippen LogP contribution in [0.2, 0.25) is 0 Å². The van der Waals surface area contributed by atoms with Crippen molar-refractivity contribution in [3.63, 3.8) is 0 Å². The monoisotopic (exact) mass is 347 g/mol. The van der Waals surface area contributed by atoms with Gasteiger partial charge in [0.1, 0.15) is 6.04 Å². The van der Waals surface area contributed by atoms with E-state index in [-0.39, 0.29) is 17.4 Å². The van der Waals surface area contributed by atoms with Gasteiger partial charge in [-0.05, 0) is 44.6 Å². The van der Waals surface area contributed by atoms with Crippen LogP contribution in [0.1, 0.15) is 38.3 Å². The van der Waals surface area contributed by atoms with Crippen molar-refractivity contribution in [2.24, 2.45) is 5.41 Å². The van der Waals surface area contributed by atoms with Crippen LogP contribution in [0.25, 0.3) is 0 Å². The fourth-order valence-corrected chi connectivity index (χ4v) is 3.76. The van der Waals surface area contributed by atoms with Gasteiger partial charge in [0.15, 0.2) is 0 Å². The highest BCUT2D eigenvalue weighted by molar-refractivity contribution is 5.83. The third-order valence-corrected chi connectivity index (χ3v) is 5.29. The summed E-state index contributed by atoms with van der Waals surface area (Å²) in [6.45, 7) is 9.22. The Balaban J connectivity index is 2.10. The summed E-state index contributed by atoms with van der Waals surface area (Å²) in [6.07, 6.45) is 2.06. The van der Waals surface area contributed by atoms with E-state index in [2.05, 4.69) is 29.4 Å². The van der Waals surface area contributed by atoms with Crippen LogP contribution in [0, 0.1) is 5.41 Å². The summed E-state index contributed by atoms with van der Waals surface area (Å²) in [5, 5.41) is 6.63. The summed E-state index contributed by atoms with van der Waals surface area (Å²) in [6, 6.07) is 9.83. The summed E-state index contributed by atoms with van der Waals surface area (Å²) in [7, 11) is 1.74. The Morgan fingerprint density at radius 1 is 1.24 bits per heavy atom. The fourth-order valence-electron chi connectivity index (χ4n) is 3.76. The van der Waals surface area contributed by atoms with Gasteiger partial charge >= 0.3 is 0 Å². The van der Waals surface area contributed by atoms with E-state index in [1.807, 2.05) is 30.3 Å². The van der Waals surface area contributed by atoms with Crippen molar-refractivity contribution in [2.75, 3.05) is 46.4 Å². The largest absolute Gasteiger partial charge is 0.384 e. The molecule has 0 radical (unpaired) electrons. The number of hydrogen-bond donors (Lipinski definition) is 2. The fraction of sp³-hybridized carbons (Fsp3) is 0.650. The first kappa shape index (κ1) is 19.9. The highest BCUT2D eigenvalue weighted by Crippen LogP contribution is 2.29. The van der Waals surface area contributed by atoms with E-state index in [1.54, 1.807) is 7.11 Å². The van der Waals surface area contributed by atoms with Gasteiger partial charge in [-0.3, -0.25) is 9.69 Å². The maximum Gasteiger partial charge on any atom is 0.241 e. The Bertz CT molecular complexity index is 505. The predicted molar refractivity (Wildman–Crippen MR) is 102 cm³/mol. The van der Waals surface area contributed by atoms with Crippen LogP contribution in [0.15, 0.2) is 30.3 Å². The van der Waals surface area contributed by atoms with E-state index in [0.29, 0.717) is 13.2 Å². The molecule has 1 atom stereocenters. The first-order valence-corrected chi connectivity index (χ1v) is 9.42. The van der Waals surface area contributed by atoms with Gasteiger partial charge in [-0.15, -0.1) is 0 Å². The molecule has 0 spiro atoms. The number of benzene rings is 1. The number of piperidine rings is 1. The standard InChI is InChI=1S/C20H33N3O2/c1-4-23(5-2)18(17-9-7-6-8-10-17)19(24)22-15-20(16-25-3)11-13-21-14-12-20/h6-10,18,21H,4-5,11-16H2,1-3H3,(H,22,24). The molecular weight excluding hydrogens is 314 g/mol. The van der Waals surface area contributed by atoms with Crippen LogP contribution in [0.3, 0.4) is 0 Å². The van der Waals surface area contributed by atoms with E-state index in [0.717, 1.165) is 44.6 Å². The average Bonchev–Trinajstić information content (AvgIpc) is 2.66. The Labute approximate surface area is 152 Å². The summed E-state index contributed by atoms with van der Waals surface area (Å²) in [5.41, 5.74) is 1.09. The molecular formula is C20H33N3O2. The number of hydrogen-bond acceptors (Lipinski definition) is 4. The summed E-state index contributed by atoms with van der Waals surface area (Å²) < 4.78 is 5.46. The number of amides is 1. The average molecular weight is 348 g/mol. The molecule has 25 heavy (non-hydrogen) atoms. The smallest absolute Gasteiger partial charge is 0.241 e. The van der Waals surface area contributed by atoms with Crippen LogP contribution in [-0.4, -0.2) is 57.2 Å². The third kappa shape index (κ3) is 5.27. The second-order valence-electron chi connectivity index (χ2n) is 6.94. The lowest BCUT2D eigenvalue weighted by molar-refractivity contribution is -0.127. The van der Waals surface area contributed by atoms with Crippen molar-refractivity contribution in [3.8, 4) is 0 Å². The van der Waals surface area contributed by atoms with Crippen LogP contribution in [0.5, 0.6) is 0 Å². The lowest BCUT2D eigenvalue weighted by Crippen LogP contribution is -2.49. The molecule has 140 valence electrons. The number of likely N-dealkylation sites (N-methyl/N-ethyl adjacent to an activating group) is 1. The molecule has 1 fully saturated rings. The molecule has 0 saturated carbocycles. The minimum atomic E-state index is -0.238. The second kappa shape index (κ2) is 9.90. The van der Waals surface area contributed by atoms with Gasteiger partial charge in [-0.2, -0.15) is 0 Å². The van der Waals surface area contributed by atoms with E-state index in [9.17, 15) is 4.79 Å². The van der Waals surface area contributed by atoms with Crippen molar-refractivity contribution in [2.45, 2.75) is 32.7 Å². The zero-order valence-corrected chi connectivity index (χ0v) is 15.9. The van der Waals surface area contributed by atoms with Gasteiger partial charge in [0.25, 0.3) is 0 Å². The molecule has 1 aromatic carbocycles. The van der Waals surface area contributed by atoms with E-state index in [4.69, 9.17) is 4.74 Å². The quantitative estimate of drug-likeness (QED) is 0.719. The van der Waals surface area contributed by atoms with Gasteiger partial charge < -0.3 is 15.4 Å². The Morgan fingerprint density at radius 2 is 1.88 bits per heavy atom. The molecule has 1 saturated heterocycles. The van der Waals surface area contributed by atoms with Crippen molar-refractivity contribution in [1.29, 1.82) is 0 Å². The van der Waals surface area contributed by atoms with Crippen molar-refractivity contribution < 1.29 is 9.53 Å². The molecule has 0 aromatic heterocycles.